The molecule has 8 heteroatoms. The third-order valence-electron chi connectivity index (χ3n) is 6.62. The number of nitrogens with zero attached hydrogens (tertiary/aromatic N) is 4. The summed E-state index contributed by atoms with van der Waals surface area (Å²) in [5.41, 5.74) is 0. The van der Waals surface area contributed by atoms with Crippen molar-refractivity contribution >= 4 is 11.9 Å². The third kappa shape index (κ3) is 6.82. The number of nitrogens with one attached hydrogen (secondary N) is 1. The zero-order valence-electron chi connectivity index (χ0n) is 19.0. The summed E-state index contributed by atoms with van der Waals surface area (Å²) in [4.78, 5) is 24.6. The molecule has 0 unspecified atom stereocenters. The van der Waals surface area contributed by atoms with Crippen LogP contribution in [-0.4, -0.2) is 112 Å². The first kappa shape index (κ1) is 23.3. The Labute approximate surface area is 181 Å². The van der Waals surface area contributed by atoms with Gasteiger partial charge >= 0.3 is 0 Å². The highest BCUT2D eigenvalue weighted by Crippen LogP contribution is 2.21. The lowest BCUT2D eigenvalue weighted by Crippen LogP contribution is -2.50. The topological polar surface area (TPSA) is 69.6 Å². The molecule has 8 nitrogen and oxygen atoms in total. The van der Waals surface area contributed by atoms with Crippen molar-refractivity contribution in [1.82, 2.24) is 20.0 Å². The molecule has 3 aliphatic heterocycles. The van der Waals surface area contributed by atoms with Crippen LogP contribution in [0.25, 0.3) is 0 Å². The molecule has 0 radical (unpaired) electrons. The molecular formula is C22H41N5O3. The van der Waals surface area contributed by atoms with Crippen LogP contribution in [0, 0.1) is 11.8 Å². The van der Waals surface area contributed by atoms with Gasteiger partial charge in [0.15, 0.2) is 5.96 Å². The van der Waals surface area contributed by atoms with E-state index in [1.807, 2.05) is 4.90 Å². The van der Waals surface area contributed by atoms with Crippen molar-refractivity contribution in [2.75, 3.05) is 85.8 Å². The number of piperidine rings is 2. The van der Waals surface area contributed by atoms with Gasteiger partial charge < -0.3 is 29.5 Å². The number of guanidine groups is 1. The van der Waals surface area contributed by atoms with E-state index in [0.29, 0.717) is 25.0 Å². The highest BCUT2D eigenvalue weighted by molar-refractivity contribution is 5.82. The van der Waals surface area contributed by atoms with Crippen molar-refractivity contribution in [3.8, 4) is 0 Å². The summed E-state index contributed by atoms with van der Waals surface area (Å²) in [6, 6.07) is 0. The number of amides is 1. The van der Waals surface area contributed by atoms with Crippen LogP contribution in [0.2, 0.25) is 0 Å². The highest BCUT2D eigenvalue weighted by atomic mass is 16.5. The molecule has 3 fully saturated rings. The molecule has 0 spiro atoms. The Hall–Kier alpha value is -1.38. The van der Waals surface area contributed by atoms with Crippen LogP contribution in [0.3, 0.4) is 0 Å². The number of carbonyl (C=O) groups is 1. The van der Waals surface area contributed by atoms with Gasteiger partial charge in [-0.2, -0.15) is 0 Å². The summed E-state index contributed by atoms with van der Waals surface area (Å²) >= 11 is 0. The molecule has 0 aromatic carbocycles. The molecule has 0 bridgehead atoms. The van der Waals surface area contributed by atoms with Crippen molar-refractivity contribution < 1.29 is 14.3 Å². The van der Waals surface area contributed by atoms with Crippen LogP contribution in [0.15, 0.2) is 4.99 Å². The summed E-state index contributed by atoms with van der Waals surface area (Å²) in [7, 11) is 1.77. The first-order valence-electron chi connectivity index (χ1n) is 11.8. The van der Waals surface area contributed by atoms with Gasteiger partial charge in [-0.25, -0.2) is 0 Å². The van der Waals surface area contributed by atoms with Gasteiger partial charge in [0.05, 0.1) is 19.8 Å². The van der Waals surface area contributed by atoms with Crippen LogP contribution in [-0.2, 0) is 14.3 Å². The minimum Gasteiger partial charge on any atom is -0.383 e. The lowest BCUT2D eigenvalue weighted by molar-refractivity contribution is -0.140. The van der Waals surface area contributed by atoms with Gasteiger partial charge in [-0.1, -0.05) is 0 Å². The number of hydrogen-bond acceptors (Lipinski definition) is 5. The van der Waals surface area contributed by atoms with E-state index in [-0.39, 0.29) is 5.92 Å². The van der Waals surface area contributed by atoms with Crippen LogP contribution in [0.1, 0.15) is 32.6 Å². The Morgan fingerprint density at radius 1 is 1.03 bits per heavy atom. The second-order valence-corrected chi connectivity index (χ2v) is 8.67. The number of carbonyl (C=O) groups excluding carboxylic acids is 1. The average Bonchev–Trinajstić information content (AvgIpc) is 2.81. The molecule has 1 amide bonds. The predicted molar refractivity (Wildman–Crippen MR) is 119 cm³/mol. The van der Waals surface area contributed by atoms with E-state index in [1.165, 1.54) is 12.8 Å². The first-order valence-corrected chi connectivity index (χ1v) is 11.8. The molecule has 3 saturated heterocycles. The maximum Gasteiger partial charge on any atom is 0.225 e. The number of likely N-dealkylation sites (tertiary alicyclic amines) is 2. The van der Waals surface area contributed by atoms with E-state index in [9.17, 15) is 4.79 Å². The molecule has 0 aliphatic carbocycles. The van der Waals surface area contributed by atoms with Gasteiger partial charge in [-0.3, -0.25) is 9.79 Å². The molecule has 3 aliphatic rings. The van der Waals surface area contributed by atoms with E-state index in [0.717, 1.165) is 84.3 Å². The Bertz CT molecular complexity index is 537. The van der Waals surface area contributed by atoms with E-state index >= 15 is 0 Å². The van der Waals surface area contributed by atoms with E-state index in [2.05, 4.69) is 22.0 Å². The minimum absolute atomic E-state index is 0.152. The van der Waals surface area contributed by atoms with Crippen molar-refractivity contribution in [3.05, 3.63) is 0 Å². The quantitative estimate of drug-likeness (QED) is 0.484. The van der Waals surface area contributed by atoms with Gasteiger partial charge in [0.2, 0.25) is 5.91 Å². The minimum atomic E-state index is 0.152. The number of morpholine rings is 1. The molecule has 3 rings (SSSR count). The molecule has 0 aromatic heterocycles. The van der Waals surface area contributed by atoms with E-state index < -0.39 is 0 Å². The third-order valence-corrected chi connectivity index (χ3v) is 6.62. The summed E-state index contributed by atoms with van der Waals surface area (Å²) in [5.74, 6) is 2.16. The highest BCUT2D eigenvalue weighted by Gasteiger charge is 2.30. The summed E-state index contributed by atoms with van der Waals surface area (Å²) < 4.78 is 10.6. The number of aliphatic imine (C=N–C) groups is 1. The Kier molecular flexibility index (Phi) is 9.68. The van der Waals surface area contributed by atoms with Gasteiger partial charge in [-0.05, 0) is 51.6 Å². The van der Waals surface area contributed by atoms with Crippen LogP contribution in [0.4, 0.5) is 0 Å². The summed E-state index contributed by atoms with van der Waals surface area (Å²) in [5, 5.41) is 3.47. The number of methoxy groups -OCH3 is 1. The maximum absolute atomic E-state index is 12.8. The first-order chi connectivity index (χ1) is 14.7. The molecular weight excluding hydrogens is 382 g/mol. The normalized spacial score (nSPS) is 23.1. The van der Waals surface area contributed by atoms with Gasteiger partial charge in [0.1, 0.15) is 0 Å². The van der Waals surface area contributed by atoms with Gasteiger partial charge in [0, 0.05) is 58.8 Å². The van der Waals surface area contributed by atoms with Gasteiger partial charge in [-0.15, -0.1) is 0 Å². The van der Waals surface area contributed by atoms with Crippen LogP contribution < -0.4 is 5.32 Å². The van der Waals surface area contributed by atoms with Crippen LogP contribution in [0.5, 0.6) is 0 Å². The lowest BCUT2D eigenvalue weighted by Gasteiger charge is -2.37. The van der Waals surface area contributed by atoms with Crippen molar-refractivity contribution in [1.29, 1.82) is 0 Å². The molecule has 1 N–H and O–H groups in total. The molecule has 3 heterocycles. The molecule has 0 aromatic rings. The Morgan fingerprint density at radius 3 is 2.37 bits per heavy atom. The molecule has 0 saturated carbocycles. The Morgan fingerprint density at radius 2 is 1.73 bits per heavy atom. The molecule has 0 atom stereocenters. The summed E-state index contributed by atoms with van der Waals surface area (Å²) in [6.45, 7) is 12.7. The predicted octanol–water partition coefficient (Wildman–Crippen LogP) is 0.881. The van der Waals surface area contributed by atoms with Crippen LogP contribution >= 0.6 is 0 Å². The largest absolute Gasteiger partial charge is 0.383 e. The fraction of sp³-hybridized carbons (Fsp3) is 0.909. The molecule has 30 heavy (non-hydrogen) atoms. The molecule has 172 valence electrons. The maximum atomic E-state index is 12.8. The number of rotatable bonds is 7. The second kappa shape index (κ2) is 12.5. The van der Waals surface area contributed by atoms with E-state index in [1.54, 1.807) is 7.11 Å². The summed E-state index contributed by atoms with van der Waals surface area (Å²) in [6.07, 6.45) is 4.25. The SMILES string of the molecule is CCNC(=NCC1CCN(CCOC)CC1)N1CCC(C(=O)N2CCOCC2)CC1. The smallest absolute Gasteiger partial charge is 0.225 e. The monoisotopic (exact) mass is 423 g/mol. The fourth-order valence-electron chi connectivity index (χ4n) is 4.63. The zero-order valence-corrected chi connectivity index (χ0v) is 19.0. The van der Waals surface area contributed by atoms with Crippen molar-refractivity contribution in [2.24, 2.45) is 16.8 Å². The second-order valence-electron chi connectivity index (χ2n) is 8.67. The fourth-order valence-corrected chi connectivity index (χ4v) is 4.63. The number of ether oxygens (including phenoxy) is 2. The van der Waals surface area contributed by atoms with E-state index in [4.69, 9.17) is 14.5 Å². The lowest BCUT2D eigenvalue weighted by atomic mass is 9.95. The zero-order chi connectivity index (χ0) is 21.2. The standard InChI is InChI=1S/C22H41N5O3/c1-3-23-22(24-18-19-4-8-25(9-5-19)12-15-29-2)27-10-6-20(7-11-27)21(28)26-13-16-30-17-14-26/h19-20H,3-18H2,1-2H3,(H,23,24). The number of hydrogen-bond donors (Lipinski definition) is 1. The van der Waals surface area contributed by atoms with Gasteiger partial charge in [0.25, 0.3) is 0 Å². The average molecular weight is 424 g/mol. The Balaban J connectivity index is 1.44. The van der Waals surface area contributed by atoms with Crippen molar-refractivity contribution in [2.45, 2.75) is 32.6 Å². The van der Waals surface area contributed by atoms with Crippen molar-refractivity contribution in [3.63, 3.8) is 0 Å².